The van der Waals surface area contributed by atoms with Crippen LogP contribution in [0.4, 0.5) is 13.2 Å². The summed E-state index contributed by atoms with van der Waals surface area (Å²) in [6.45, 7) is -0.918. The van der Waals surface area contributed by atoms with Gasteiger partial charge in [-0.3, -0.25) is 9.78 Å². The van der Waals surface area contributed by atoms with E-state index >= 15 is 0 Å². The zero-order valence-corrected chi connectivity index (χ0v) is 7.90. The van der Waals surface area contributed by atoms with Gasteiger partial charge in [-0.25, -0.2) is 4.98 Å². The highest BCUT2D eigenvalue weighted by Gasteiger charge is 2.38. The van der Waals surface area contributed by atoms with E-state index in [4.69, 9.17) is 5.11 Å². The van der Waals surface area contributed by atoms with Crippen LogP contribution in [0.1, 0.15) is 10.5 Å². The second-order valence-electron chi connectivity index (χ2n) is 2.86. The van der Waals surface area contributed by atoms with Crippen LogP contribution in [0, 0.1) is 0 Å². The summed E-state index contributed by atoms with van der Waals surface area (Å²) in [6.07, 6.45) is -3.69. The second kappa shape index (κ2) is 4.88. The highest BCUT2D eigenvalue weighted by atomic mass is 19.4. The number of aliphatic hydroxyl groups is 1. The maximum absolute atomic E-state index is 11.9. The highest BCUT2D eigenvalue weighted by Crippen LogP contribution is 2.19. The number of rotatable bonds is 3. The Labute approximate surface area is 88.3 Å². The van der Waals surface area contributed by atoms with Gasteiger partial charge in [0, 0.05) is 12.4 Å². The maximum Gasteiger partial charge on any atom is 0.416 e. The molecule has 1 rings (SSSR count). The van der Waals surface area contributed by atoms with Gasteiger partial charge in [0.25, 0.3) is 5.91 Å². The fourth-order valence-corrected chi connectivity index (χ4v) is 0.812. The largest absolute Gasteiger partial charge is 0.416 e. The molecular weight excluding hydrogens is 227 g/mol. The van der Waals surface area contributed by atoms with Crippen molar-refractivity contribution in [2.45, 2.75) is 12.3 Å². The van der Waals surface area contributed by atoms with E-state index in [-0.39, 0.29) is 5.69 Å². The first-order valence-electron chi connectivity index (χ1n) is 4.20. The van der Waals surface area contributed by atoms with Crippen molar-refractivity contribution in [3.8, 4) is 0 Å². The minimum atomic E-state index is -4.75. The summed E-state index contributed by atoms with van der Waals surface area (Å²) in [5, 5.41) is 10.5. The Bertz CT molecular complexity index is 355. The molecule has 1 unspecified atom stereocenters. The molecule has 1 amide bonds. The molecule has 8 heteroatoms. The first-order valence-corrected chi connectivity index (χ1v) is 4.20. The average molecular weight is 235 g/mol. The molecule has 0 aliphatic rings. The third kappa shape index (κ3) is 3.46. The number of hydrogen-bond donors (Lipinski definition) is 2. The van der Waals surface area contributed by atoms with Gasteiger partial charge in [-0.2, -0.15) is 13.2 Å². The minimum Gasteiger partial charge on any atom is -0.382 e. The number of amides is 1. The van der Waals surface area contributed by atoms with Crippen LogP contribution in [0.5, 0.6) is 0 Å². The lowest BCUT2D eigenvalue weighted by molar-refractivity contribution is -0.201. The van der Waals surface area contributed by atoms with Crippen LogP contribution in [0.25, 0.3) is 0 Å². The van der Waals surface area contributed by atoms with Gasteiger partial charge in [-0.1, -0.05) is 0 Å². The van der Waals surface area contributed by atoms with E-state index in [1.165, 1.54) is 12.4 Å². The summed E-state index contributed by atoms with van der Waals surface area (Å²) in [5.74, 6) is -0.823. The van der Waals surface area contributed by atoms with Crippen LogP contribution in [-0.2, 0) is 0 Å². The molecule has 0 saturated carbocycles. The summed E-state index contributed by atoms with van der Waals surface area (Å²) in [5.41, 5.74) is -0.114. The van der Waals surface area contributed by atoms with Crippen LogP contribution >= 0.6 is 0 Å². The van der Waals surface area contributed by atoms with E-state index in [2.05, 4.69) is 9.97 Å². The standard InChI is InChI=1S/C8H8F3N3O2/c9-8(10,11)6(15)4-14-7(16)5-3-12-1-2-13-5/h1-3,6,15H,4H2,(H,14,16). The number of aromatic nitrogens is 2. The fraction of sp³-hybridized carbons (Fsp3) is 0.375. The fourth-order valence-electron chi connectivity index (χ4n) is 0.812. The molecule has 88 valence electrons. The molecule has 0 aromatic carbocycles. The molecule has 1 heterocycles. The van der Waals surface area contributed by atoms with Crippen LogP contribution < -0.4 is 5.32 Å². The third-order valence-electron chi connectivity index (χ3n) is 1.63. The third-order valence-corrected chi connectivity index (χ3v) is 1.63. The summed E-state index contributed by atoms with van der Waals surface area (Å²) >= 11 is 0. The lowest BCUT2D eigenvalue weighted by Crippen LogP contribution is -2.40. The van der Waals surface area contributed by atoms with Crippen molar-refractivity contribution in [2.24, 2.45) is 0 Å². The molecule has 0 spiro atoms. The van der Waals surface area contributed by atoms with Crippen LogP contribution in [0.3, 0.4) is 0 Å². The van der Waals surface area contributed by atoms with Gasteiger partial charge in [0.15, 0.2) is 6.10 Å². The SMILES string of the molecule is O=C(NCC(O)C(F)(F)F)c1cnccn1. The van der Waals surface area contributed by atoms with Crippen molar-refractivity contribution in [3.63, 3.8) is 0 Å². The zero-order chi connectivity index (χ0) is 12.2. The molecule has 0 saturated heterocycles. The Morgan fingerprint density at radius 3 is 2.69 bits per heavy atom. The van der Waals surface area contributed by atoms with Crippen molar-refractivity contribution in [3.05, 3.63) is 24.3 Å². The number of carbonyl (C=O) groups is 1. The number of aliphatic hydroxyl groups excluding tert-OH is 1. The maximum atomic E-state index is 11.9. The predicted molar refractivity (Wildman–Crippen MR) is 46.4 cm³/mol. The van der Waals surface area contributed by atoms with Crippen molar-refractivity contribution in [1.29, 1.82) is 0 Å². The number of halogens is 3. The Morgan fingerprint density at radius 1 is 1.50 bits per heavy atom. The molecule has 0 radical (unpaired) electrons. The molecular formula is C8H8F3N3O2. The quantitative estimate of drug-likeness (QED) is 0.780. The lowest BCUT2D eigenvalue weighted by Gasteiger charge is -2.14. The molecule has 1 atom stereocenters. The van der Waals surface area contributed by atoms with Gasteiger partial charge in [0.05, 0.1) is 12.7 Å². The van der Waals surface area contributed by atoms with Crippen molar-refractivity contribution >= 4 is 5.91 Å². The van der Waals surface area contributed by atoms with Crippen LogP contribution in [0.15, 0.2) is 18.6 Å². The van der Waals surface area contributed by atoms with Gasteiger partial charge in [0.2, 0.25) is 0 Å². The lowest BCUT2D eigenvalue weighted by atomic mass is 10.3. The van der Waals surface area contributed by atoms with Gasteiger partial charge in [-0.05, 0) is 0 Å². The topological polar surface area (TPSA) is 75.1 Å². The molecule has 0 fully saturated rings. The minimum absolute atomic E-state index is 0.114. The average Bonchev–Trinajstić information content (AvgIpc) is 2.25. The molecule has 2 N–H and O–H groups in total. The van der Waals surface area contributed by atoms with Gasteiger partial charge >= 0.3 is 6.18 Å². The Kier molecular flexibility index (Phi) is 3.78. The van der Waals surface area contributed by atoms with Gasteiger partial charge in [-0.15, -0.1) is 0 Å². The van der Waals surface area contributed by atoms with Crippen molar-refractivity contribution in [1.82, 2.24) is 15.3 Å². The smallest absolute Gasteiger partial charge is 0.382 e. The molecule has 1 aromatic heterocycles. The summed E-state index contributed by atoms with van der Waals surface area (Å²) in [4.78, 5) is 18.3. The van der Waals surface area contributed by atoms with Crippen LogP contribution in [0.2, 0.25) is 0 Å². The molecule has 0 aliphatic carbocycles. The molecule has 1 aromatic rings. The van der Waals surface area contributed by atoms with E-state index in [9.17, 15) is 18.0 Å². The first-order chi connectivity index (χ1) is 7.41. The monoisotopic (exact) mass is 235 g/mol. The van der Waals surface area contributed by atoms with Crippen LogP contribution in [-0.4, -0.2) is 39.8 Å². The Hall–Kier alpha value is -1.70. The van der Waals surface area contributed by atoms with E-state index in [1.807, 2.05) is 5.32 Å². The van der Waals surface area contributed by atoms with E-state index in [1.54, 1.807) is 0 Å². The zero-order valence-electron chi connectivity index (χ0n) is 7.90. The Balaban J connectivity index is 2.48. The first kappa shape index (κ1) is 12.4. The second-order valence-corrected chi connectivity index (χ2v) is 2.86. The molecule has 5 nitrogen and oxygen atoms in total. The van der Waals surface area contributed by atoms with E-state index in [0.717, 1.165) is 6.20 Å². The number of hydrogen-bond acceptors (Lipinski definition) is 4. The van der Waals surface area contributed by atoms with E-state index in [0.29, 0.717) is 0 Å². The number of nitrogens with zero attached hydrogens (tertiary/aromatic N) is 2. The van der Waals surface area contributed by atoms with Gasteiger partial charge < -0.3 is 10.4 Å². The Morgan fingerprint density at radius 2 is 2.19 bits per heavy atom. The summed E-state index contributed by atoms with van der Waals surface area (Å²) < 4.78 is 35.6. The normalized spacial score (nSPS) is 13.2. The number of alkyl halides is 3. The van der Waals surface area contributed by atoms with Crippen molar-refractivity contribution < 1.29 is 23.1 Å². The number of carbonyl (C=O) groups excluding carboxylic acids is 1. The summed E-state index contributed by atoms with van der Waals surface area (Å²) in [7, 11) is 0. The van der Waals surface area contributed by atoms with E-state index < -0.39 is 24.7 Å². The van der Waals surface area contributed by atoms with Crippen molar-refractivity contribution in [2.75, 3.05) is 6.54 Å². The van der Waals surface area contributed by atoms with Gasteiger partial charge in [0.1, 0.15) is 5.69 Å². The highest BCUT2D eigenvalue weighted by molar-refractivity contribution is 5.91. The summed E-state index contributed by atoms with van der Waals surface area (Å²) in [6, 6.07) is 0. The molecule has 0 aliphatic heterocycles. The molecule has 0 bridgehead atoms. The molecule has 16 heavy (non-hydrogen) atoms. The predicted octanol–water partition coefficient (Wildman–Crippen LogP) is 0.130. The number of nitrogens with one attached hydrogen (secondary N) is 1.